The summed E-state index contributed by atoms with van der Waals surface area (Å²) in [4.78, 5) is 44.0. The van der Waals surface area contributed by atoms with Gasteiger partial charge in [-0.2, -0.15) is 0 Å². The Balaban J connectivity index is 1.63. The van der Waals surface area contributed by atoms with Crippen LogP contribution in [-0.4, -0.2) is 33.4 Å². The number of rotatable bonds is 2. The lowest BCUT2D eigenvalue weighted by Gasteiger charge is -2.22. The van der Waals surface area contributed by atoms with E-state index in [0.717, 1.165) is 25.9 Å². The van der Waals surface area contributed by atoms with Crippen molar-refractivity contribution in [3.8, 4) is 0 Å². The first-order valence-corrected chi connectivity index (χ1v) is 9.57. The molecule has 148 valence electrons. The van der Waals surface area contributed by atoms with Gasteiger partial charge in [0.05, 0.1) is 24.3 Å². The molecule has 8 nitrogen and oxygen atoms in total. The average Bonchev–Trinajstić information content (AvgIpc) is 3.10. The molecule has 4 rings (SSSR count). The van der Waals surface area contributed by atoms with E-state index < -0.39 is 11.5 Å². The smallest absolute Gasteiger partial charge is 0.349 e. The van der Waals surface area contributed by atoms with Crippen LogP contribution in [0.3, 0.4) is 0 Å². The molecule has 1 amide bonds. The van der Waals surface area contributed by atoms with E-state index in [0.29, 0.717) is 28.4 Å². The molecule has 4 heterocycles. The molecule has 2 aliphatic heterocycles. The van der Waals surface area contributed by atoms with Gasteiger partial charge in [0.15, 0.2) is 0 Å². The van der Waals surface area contributed by atoms with Crippen LogP contribution >= 0.6 is 0 Å². The summed E-state index contributed by atoms with van der Waals surface area (Å²) in [5.74, 6) is 1.03. The zero-order valence-corrected chi connectivity index (χ0v) is 16.4. The summed E-state index contributed by atoms with van der Waals surface area (Å²) < 4.78 is 7.01. The van der Waals surface area contributed by atoms with E-state index in [9.17, 15) is 14.4 Å². The van der Waals surface area contributed by atoms with Gasteiger partial charge in [0, 0.05) is 13.0 Å². The second kappa shape index (κ2) is 7.01. The maximum Gasteiger partial charge on any atom is 0.349 e. The van der Waals surface area contributed by atoms with Gasteiger partial charge in [-0.05, 0) is 51.4 Å². The molecule has 0 saturated carbocycles. The van der Waals surface area contributed by atoms with Gasteiger partial charge in [-0.15, -0.1) is 0 Å². The Morgan fingerprint density at radius 2 is 1.93 bits per heavy atom. The second-order valence-corrected chi connectivity index (χ2v) is 7.63. The first-order valence-electron chi connectivity index (χ1n) is 9.57. The molecule has 0 radical (unpaired) electrons. The minimum Gasteiger partial charge on any atom is -0.427 e. The van der Waals surface area contributed by atoms with Crippen LogP contribution in [0.2, 0.25) is 0 Å². The van der Waals surface area contributed by atoms with Gasteiger partial charge in [-0.25, -0.2) is 9.78 Å². The Bertz CT molecular complexity index is 1060. The van der Waals surface area contributed by atoms with Crippen LogP contribution in [0.5, 0.6) is 0 Å². The van der Waals surface area contributed by atoms with Gasteiger partial charge in [0.2, 0.25) is 0 Å². The number of hydrogen-bond donors (Lipinski definition) is 1. The maximum absolute atomic E-state index is 13.0. The number of aromatic nitrogens is 2. The maximum atomic E-state index is 13.0. The quantitative estimate of drug-likeness (QED) is 0.829. The number of aryl methyl sites for hydroxylation is 2. The van der Waals surface area contributed by atoms with E-state index in [1.165, 1.54) is 9.47 Å². The standard InChI is InChI=1S/C20H24N4O4/c1-11-8-16(13-4-6-21-7-5-13)28-20(27)17(11)19(26)24-9-14-15(10-24)22-12(2)23(3)18(14)25/h8,13,21H,4-7,9-10H2,1-3H3. The third-order valence-electron chi connectivity index (χ3n) is 5.79. The van der Waals surface area contributed by atoms with Gasteiger partial charge in [-0.3, -0.25) is 14.2 Å². The van der Waals surface area contributed by atoms with Crippen molar-refractivity contribution < 1.29 is 9.21 Å². The molecule has 0 unspecified atom stereocenters. The summed E-state index contributed by atoms with van der Waals surface area (Å²) in [6, 6.07) is 1.81. The van der Waals surface area contributed by atoms with Gasteiger partial charge in [0.25, 0.3) is 11.5 Å². The zero-order valence-electron chi connectivity index (χ0n) is 16.4. The first kappa shape index (κ1) is 18.6. The van der Waals surface area contributed by atoms with E-state index in [-0.39, 0.29) is 30.1 Å². The fraction of sp³-hybridized carbons (Fsp3) is 0.500. The molecule has 0 spiro atoms. The molecule has 2 aromatic heterocycles. The Hall–Kier alpha value is -2.74. The molecule has 1 saturated heterocycles. The molecular formula is C20H24N4O4. The highest BCUT2D eigenvalue weighted by atomic mass is 16.4. The highest BCUT2D eigenvalue weighted by Crippen LogP contribution is 2.26. The topological polar surface area (TPSA) is 97.4 Å². The van der Waals surface area contributed by atoms with Crippen LogP contribution in [-0.2, 0) is 20.1 Å². The van der Waals surface area contributed by atoms with Crippen LogP contribution in [0.15, 0.2) is 20.1 Å². The molecule has 2 aliphatic rings. The SMILES string of the molecule is Cc1cc(C2CCNCC2)oc(=O)c1C(=O)N1Cc2nc(C)n(C)c(=O)c2C1. The number of carbonyl (C=O) groups is 1. The summed E-state index contributed by atoms with van der Waals surface area (Å²) in [7, 11) is 1.66. The van der Waals surface area contributed by atoms with Crippen molar-refractivity contribution in [1.82, 2.24) is 19.8 Å². The zero-order chi connectivity index (χ0) is 20.0. The lowest BCUT2D eigenvalue weighted by Crippen LogP contribution is -2.32. The van der Waals surface area contributed by atoms with Crippen LogP contribution < -0.4 is 16.5 Å². The largest absolute Gasteiger partial charge is 0.427 e. The number of carbonyl (C=O) groups excluding carboxylic acids is 1. The van der Waals surface area contributed by atoms with E-state index >= 15 is 0 Å². The molecule has 2 aromatic rings. The monoisotopic (exact) mass is 384 g/mol. The van der Waals surface area contributed by atoms with Crippen molar-refractivity contribution in [2.45, 2.75) is 45.7 Å². The summed E-state index contributed by atoms with van der Waals surface area (Å²) in [6.45, 7) is 5.68. The highest BCUT2D eigenvalue weighted by molar-refractivity contribution is 5.95. The van der Waals surface area contributed by atoms with Gasteiger partial charge in [-0.1, -0.05) is 0 Å². The molecule has 8 heteroatoms. The van der Waals surface area contributed by atoms with Crippen molar-refractivity contribution in [2.24, 2.45) is 7.05 Å². The average molecular weight is 384 g/mol. The highest BCUT2D eigenvalue weighted by Gasteiger charge is 2.31. The lowest BCUT2D eigenvalue weighted by molar-refractivity contribution is 0.0744. The Morgan fingerprint density at radius 1 is 1.21 bits per heavy atom. The molecule has 0 bridgehead atoms. The van der Waals surface area contributed by atoms with E-state index in [2.05, 4.69) is 10.3 Å². The molecule has 1 N–H and O–H groups in total. The van der Waals surface area contributed by atoms with Crippen molar-refractivity contribution in [1.29, 1.82) is 0 Å². The number of amides is 1. The van der Waals surface area contributed by atoms with Gasteiger partial charge >= 0.3 is 5.63 Å². The van der Waals surface area contributed by atoms with E-state index in [1.807, 2.05) is 6.07 Å². The number of fused-ring (bicyclic) bond motifs is 1. The predicted molar refractivity (Wildman–Crippen MR) is 102 cm³/mol. The normalized spacial score (nSPS) is 17.0. The molecular weight excluding hydrogens is 360 g/mol. The number of hydrogen-bond acceptors (Lipinski definition) is 6. The minimum absolute atomic E-state index is 0.0408. The van der Waals surface area contributed by atoms with Gasteiger partial charge in [0.1, 0.15) is 17.1 Å². The van der Waals surface area contributed by atoms with Crippen molar-refractivity contribution in [2.75, 3.05) is 13.1 Å². The fourth-order valence-corrected chi connectivity index (χ4v) is 4.03. The fourth-order valence-electron chi connectivity index (χ4n) is 4.03. The first-order chi connectivity index (χ1) is 13.4. The van der Waals surface area contributed by atoms with Crippen molar-refractivity contribution in [3.05, 3.63) is 60.8 Å². The molecule has 0 aliphatic carbocycles. The van der Waals surface area contributed by atoms with Crippen LogP contribution in [0.4, 0.5) is 0 Å². The van der Waals surface area contributed by atoms with Gasteiger partial charge < -0.3 is 14.6 Å². The number of nitrogens with one attached hydrogen (secondary N) is 1. The molecule has 1 fully saturated rings. The summed E-state index contributed by atoms with van der Waals surface area (Å²) in [6.07, 6.45) is 1.82. The van der Waals surface area contributed by atoms with Crippen molar-refractivity contribution in [3.63, 3.8) is 0 Å². The number of nitrogens with zero attached hydrogens (tertiary/aromatic N) is 3. The predicted octanol–water partition coefficient (Wildman–Crippen LogP) is 0.973. The second-order valence-electron chi connectivity index (χ2n) is 7.63. The van der Waals surface area contributed by atoms with Crippen LogP contribution in [0.1, 0.15) is 57.5 Å². The summed E-state index contributed by atoms with van der Waals surface area (Å²) >= 11 is 0. The summed E-state index contributed by atoms with van der Waals surface area (Å²) in [5.41, 5.74) is 1.01. The van der Waals surface area contributed by atoms with Crippen LogP contribution in [0.25, 0.3) is 0 Å². The van der Waals surface area contributed by atoms with Crippen LogP contribution in [0, 0.1) is 13.8 Å². The number of piperidine rings is 1. The van der Waals surface area contributed by atoms with E-state index in [4.69, 9.17) is 4.42 Å². The Morgan fingerprint density at radius 3 is 2.61 bits per heavy atom. The lowest BCUT2D eigenvalue weighted by atomic mass is 9.94. The Labute approximate surface area is 162 Å². The molecule has 0 aromatic carbocycles. The molecule has 28 heavy (non-hydrogen) atoms. The molecule has 0 atom stereocenters. The third kappa shape index (κ3) is 3.07. The van der Waals surface area contributed by atoms with Crippen molar-refractivity contribution >= 4 is 5.91 Å². The summed E-state index contributed by atoms with van der Waals surface area (Å²) in [5, 5.41) is 3.29. The van der Waals surface area contributed by atoms with E-state index in [1.54, 1.807) is 20.9 Å². The minimum atomic E-state index is -0.605. The third-order valence-corrected chi connectivity index (χ3v) is 5.79. The Kier molecular flexibility index (Phi) is 4.66.